The number of rotatable bonds is 7. The van der Waals surface area contributed by atoms with Crippen LogP contribution in [0.3, 0.4) is 0 Å². The molecule has 0 aliphatic carbocycles. The van der Waals surface area contributed by atoms with Gasteiger partial charge in [0.1, 0.15) is 0 Å². The zero-order valence-electron chi connectivity index (χ0n) is 8.82. The second-order valence-corrected chi connectivity index (χ2v) is 5.74. The topological polar surface area (TPSA) is 46.5 Å². The quantitative estimate of drug-likeness (QED) is 0.516. The molecule has 0 amide bonds. The van der Waals surface area contributed by atoms with Gasteiger partial charge in [-0.25, -0.2) is 0 Å². The third kappa shape index (κ3) is 12.1. The second-order valence-electron chi connectivity index (χ2n) is 3.88. The van der Waals surface area contributed by atoms with E-state index in [0.717, 1.165) is 18.8 Å². The van der Waals surface area contributed by atoms with E-state index in [2.05, 4.69) is 13.8 Å². The summed E-state index contributed by atoms with van der Waals surface area (Å²) in [4.78, 5) is 8.80. The molecule has 0 aliphatic rings. The first-order valence-electron chi connectivity index (χ1n) is 4.86. The first-order chi connectivity index (χ1) is 5.92. The molecule has 0 bridgehead atoms. The van der Waals surface area contributed by atoms with Crippen molar-refractivity contribution >= 4 is 7.60 Å². The van der Waals surface area contributed by atoms with E-state index in [4.69, 9.17) is 9.42 Å². The van der Waals surface area contributed by atoms with Crippen LogP contribution in [0.15, 0.2) is 0 Å². The molecular weight excluding hydrogens is 187 g/mol. The number of unbranched alkanes of at least 4 members (excludes halogenated alkanes) is 2. The van der Waals surface area contributed by atoms with Crippen molar-refractivity contribution in [3.8, 4) is 0 Å². The summed E-state index contributed by atoms with van der Waals surface area (Å²) >= 11 is 0. The van der Waals surface area contributed by atoms with Crippen LogP contribution in [0, 0.1) is 5.92 Å². The first-order valence-corrected chi connectivity index (χ1v) is 6.89. The highest BCUT2D eigenvalue weighted by Gasteiger charge is 2.08. The second kappa shape index (κ2) is 6.58. The summed E-state index contributed by atoms with van der Waals surface area (Å²) in [6, 6.07) is 0. The van der Waals surface area contributed by atoms with Gasteiger partial charge >= 0.3 is 7.60 Å². The largest absolute Gasteiger partial charge is 0.325 e. The van der Waals surface area contributed by atoms with Crippen LogP contribution < -0.4 is 0 Å². The molecule has 13 heavy (non-hydrogen) atoms. The highest BCUT2D eigenvalue weighted by atomic mass is 31.2. The number of hydrogen-bond acceptors (Lipinski definition) is 2. The maximum atomic E-state index is 10.7. The fourth-order valence-corrected chi connectivity index (χ4v) is 1.53. The highest BCUT2D eigenvalue weighted by Crippen LogP contribution is 2.36. The maximum absolute atomic E-state index is 10.7. The van der Waals surface area contributed by atoms with Crippen molar-refractivity contribution in [2.24, 2.45) is 5.92 Å². The van der Waals surface area contributed by atoms with Crippen molar-refractivity contribution in [3.63, 3.8) is 0 Å². The minimum atomic E-state index is -3.23. The monoisotopic (exact) mass is 208 g/mol. The average Bonchev–Trinajstić information content (AvgIpc) is 1.93. The molecule has 0 fully saturated rings. The Balaban J connectivity index is 3.14. The van der Waals surface area contributed by atoms with E-state index in [1.807, 2.05) is 0 Å². The van der Waals surface area contributed by atoms with Crippen LogP contribution in [-0.2, 0) is 9.09 Å². The highest BCUT2D eigenvalue weighted by molar-refractivity contribution is 7.51. The van der Waals surface area contributed by atoms with Gasteiger partial charge < -0.3 is 9.42 Å². The molecule has 1 N–H and O–H groups in total. The van der Waals surface area contributed by atoms with Crippen molar-refractivity contribution in [2.45, 2.75) is 39.5 Å². The summed E-state index contributed by atoms with van der Waals surface area (Å²) in [6.07, 6.45) is 4.37. The van der Waals surface area contributed by atoms with Gasteiger partial charge in [-0.1, -0.05) is 33.1 Å². The molecule has 80 valence electrons. The predicted molar refractivity (Wildman–Crippen MR) is 55.0 cm³/mol. The van der Waals surface area contributed by atoms with Crippen molar-refractivity contribution in [3.05, 3.63) is 0 Å². The Morgan fingerprint density at radius 2 is 1.92 bits per heavy atom. The third-order valence-corrected chi connectivity index (χ3v) is 2.42. The van der Waals surface area contributed by atoms with E-state index < -0.39 is 7.60 Å². The average molecular weight is 208 g/mol. The molecule has 0 aromatic carbocycles. The Morgan fingerprint density at radius 1 is 1.31 bits per heavy atom. The Labute approximate surface area is 81.0 Å². The molecule has 1 unspecified atom stereocenters. The van der Waals surface area contributed by atoms with Gasteiger partial charge in [-0.3, -0.25) is 4.57 Å². The van der Waals surface area contributed by atoms with Crippen LogP contribution in [0.1, 0.15) is 39.5 Å². The molecule has 0 saturated carbocycles. The third-order valence-electron chi connectivity index (χ3n) is 1.76. The van der Waals surface area contributed by atoms with Crippen LogP contribution in [0.25, 0.3) is 0 Å². The van der Waals surface area contributed by atoms with Crippen LogP contribution in [-0.4, -0.2) is 18.2 Å². The van der Waals surface area contributed by atoms with Gasteiger partial charge in [0.25, 0.3) is 0 Å². The summed E-state index contributed by atoms with van der Waals surface area (Å²) in [6.45, 7) is 6.03. The van der Waals surface area contributed by atoms with Gasteiger partial charge in [-0.05, 0) is 12.3 Å². The van der Waals surface area contributed by atoms with Gasteiger partial charge in [0, 0.05) is 6.66 Å². The fourth-order valence-electron chi connectivity index (χ4n) is 1.07. The zero-order valence-corrected chi connectivity index (χ0v) is 9.72. The summed E-state index contributed by atoms with van der Waals surface area (Å²) in [5.74, 6) is 0.746. The van der Waals surface area contributed by atoms with Gasteiger partial charge in [0.05, 0.1) is 6.61 Å². The fraction of sp³-hybridized carbons (Fsp3) is 1.00. The normalized spacial score (nSPS) is 16.1. The SMILES string of the molecule is CC(C)CCCCCOP(C)(=O)O. The van der Waals surface area contributed by atoms with Crippen molar-refractivity contribution in [2.75, 3.05) is 13.3 Å². The molecule has 0 heterocycles. The molecule has 0 aromatic heterocycles. The van der Waals surface area contributed by atoms with E-state index in [1.54, 1.807) is 0 Å². The summed E-state index contributed by atoms with van der Waals surface area (Å²) < 4.78 is 15.4. The Bertz CT molecular complexity index is 162. The van der Waals surface area contributed by atoms with Gasteiger partial charge in [0.15, 0.2) is 0 Å². The summed E-state index contributed by atoms with van der Waals surface area (Å²) in [5.41, 5.74) is 0. The molecule has 4 heteroatoms. The lowest BCUT2D eigenvalue weighted by atomic mass is 10.1. The van der Waals surface area contributed by atoms with Crippen molar-refractivity contribution in [1.29, 1.82) is 0 Å². The molecular formula is C9H21O3P. The number of hydrogen-bond donors (Lipinski definition) is 1. The predicted octanol–water partition coefficient (Wildman–Crippen LogP) is 3.03. The van der Waals surface area contributed by atoms with Crippen LogP contribution in [0.5, 0.6) is 0 Å². The summed E-state index contributed by atoms with van der Waals surface area (Å²) in [7, 11) is -3.23. The van der Waals surface area contributed by atoms with Crippen LogP contribution in [0.4, 0.5) is 0 Å². The standard InChI is InChI=1S/C9H21O3P/c1-9(2)7-5-4-6-8-12-13(3,10)11/h9H,4-8H2,1-3H3,(H,10,11). The Hall–Kier alpha value is 0.150. The van der Waals surface area contributed by atoms with Crippen LogP contribution in [0.2, 0.25) is 0 Å². The smallest absolute Gasteiger partial charge is 0.324 e. The van der Waals surface area contributed by atoms with Gasteiger partial charge in [-0.2, -0.15) is 0 Å². The molecule has 0 spiro atoms. The van der Waals surface area contributed by atoms with E-state index in [1.165, 1.54) is 19.5 Å². The van der Waals surface area contributed by atoms with Crippen molar-refractivity contribution in [1.82, 2.24) is 0 Å². The first kappa shape index (κ1) is 13.2. The van der Waals surface area contributed by atoms with E-state index >= 15 is 0 Å². The maximum Gasteiger partial charge on any atom is 0.325 e. The van der Waals surface area contributed by atoms with Crippen molar-refractivity contribution < 1.29 is 14.0 Å². The lowest BCUT2D eigenvalue weighted by Crippen LogP contribution is -1.93. The Morgan fingerprint density at radius 3 is 2.38 bits per heavy atom. The van der Waals surface area contributed by atoms with Gasteiger partial charge in [-0.15, -0.1) is 0 Å². The molecule has 0 saturated heterocycles. The minimum absolute atomic E-state index is 0.405. The molecule has 0 rings (SSSR count). The lowest BCUT2D eigenvalue weighted by molar-refractivity contribution is 0.257. The van der Waals surface area contributed by atoms with E-state index in [9.17, 15) is 4.57 Å². The molecule has 0 aromatic rings. The summed E-state index contributed by atoms with van der Waals surface area (Å²) in [5, 5.41) is 0. The molecule has 0 aliphatic heterocycles. The zero-order chi connectivity index (χ0) is 10.3. The lowest BCUT2D eigenvalue weighted by Gasteiger charge is -2.07. The van der Waals surface area contributed by atoms with Crippen LogP contribution >= 0.6 is 7.60 Å². The Kier molecular flexibility index (Phi) is 6.66. The molecule has 3 nitrogen and oxygen atoms in total. The minimum Gasteiger partial charge on any atom is -0.324 e. The molecule has 0 radical (unpaired) electrons. The van der Waals surface area contributed by atoms with Gasteiger partial charge in [0.2, 0.25) is 0 Å². The molecule has 1 atom stereocenters. The van der Waals surface area contributed by atoms with E-state index in [0.29, 0.717) is 6.61 Å². The van der Waals surface area contributed by atoms with E-state index in [-0.39, 0.29) is 0 Å².